The lowest BCUT2D eigenvalue weighted by molar-refractivity contribution is 0.183. The van der Waals surface area contributed by atoms with Crippen LogP contribution in [0.15, 0.2) is 17.3 Å². The van der Waals surface area contributed by atoms with Crippen LogP contribution < -0.4 is 10.6 Å². The third kappa shape index (κ3) is 5.75. The largest absolute Gasteiger partial charge is 0.356 e. The molecule has 126 valence electrons. The molecule has 6 nitrogen and oxygen atoms in total. The van der Waals surface area contributed by atoms with Crippen LogP contribution in [0.4, 0.5) is 0 Å². The van der Waals surface area contributed by atoms with Crippen LogP contribution in [0.5, 0.6) is 0 Å². The third-order valence-electron chi connectivity index (χ3n) is 4.19. The Morgan fingerprint density at radius 1 is 1.45 bits per heavy atom. The van der Waals surface area contributed by atoms with E-state index in [0.29, 0.717) is 5.92 Å². The van der Waals surface area contributed by atoms with Gasteiger partial charge in [0.1, 0.15) is 0 Å². The van der Waals surface area contributed by atoms with Crippen molar-refractivity contribution < 1.29 is 0 Å². The molecule has 0 aliphatic carbocycles. The lowest BCUT2D eigenvalue weighted by Crippen LogP contribution is -2.44. The number of likely N-dealkylation sites (tertiary alicyclic amines) is 1. The molecular weight excluding hydrogens is 391 g/mol. The number of hydrogen-bond donors (Lipinski definition) is 2. The summed E-state index contributed by atoms with van der Waals surface area (Å²) in [6.45, 7) is 7.57. The molecule has 0 saturated carbocycles. The van der Waals surface area contributed by atoms with Crippen LogP contribution in [0.3, 0.4) is 0 Å². The van der Waals surface area contributed by atoms with Crippen molar-refractivity contribution in [3.8, 4) is 0 Å². The fourth-order valence-corrected chi connectivity index (χ4v) is 2.82. The highest BCUT2D eigenvalue weighted by Crippen LogP contribution is 2.15. The Morgan fingerprint density at radius 2 is 2.27 bits per heavy atom. The first-order valence-electron chi connectivity index (χ1n) is 7.86. The Hall–Kier alpha value is -0.830. The lowest BCUT2D eigenvalue weighted by Gasteiger charge is -2.32. The molecule has 1 aliphatic rings. The van der Waals surface area contributed by atoms with Gasteiger partial charge in [-0.05, 0) is 37.9 Å². The second-order valence-electron chi connectivity index (χ2n) is 5.65. The number of nitrogens with one attached hydrogen (secondary N) is 2. The first-order chi connectivity index (χ1) is 10.2. The average Bonchev–Trinajstić information content (AvgIpc) is 2.93. The zero-order valence-electron chi connectivity index (χ0n) is 13.9. The number of halogens is 1. The van der Waals surface area contributed by atoms with E-state index in [4.69, 9.17) is 0 Å². The highest BCUT2D eigenvalue weighted by atomic mass is 127. The molecule has 0 aromatic carbocycles. The van der Waals surface area contributed by atoms with Gasteiger partial charge in [-0.1, -0.05) is 6.92 Å². The number of nitrogens with zero attached hydrogens (tertiary/aromatic N) is 4. The molecule has 2 rings (SSSR count). The quantitative estimate of drug-likeness (QED) is 0.430. The van der Waals surface area contributed by atoms with Crippen molar-refractivity contribution in [1.82, 2.24) is 25.3 Å². The minimum Gasteiger partial charge on any atom is -0.356 e. The van der Waals surface area contributed by atoms with Gasteiger partial charge >= 0.3 is 0 Å². The molecule has 2 N–H and O–H groups in total. The van der Waals surface area contributed by atoms with Crippen LogP contribution >= 0.6 is 24.0 Å². The normalized spacial score (nSPS) is 19.6. The Labute approximate surface area is 150 Å². The number of aliphatic imine (C=N–C) groups is 1. The van der Waals surface area contributed by atoms with Gasteiger partial charge in [-0.2, -0.15) is 5.10 Å². The molecule has 1 fully saturated rings. The fraction of sp³-hybridized carbons (Fsp3) is 0.733. The first kappa shape index (κ1) is 19.2. The zero-order chi connectivity index (χ0) is 15.1. The summed E-state index contributed by atoms with van der Waals surface area (Å²) in [5.41, 5.74) is 1.15. The summed E-state index contributed by atoms with van der Waals surface area (Å²) < 4.78 is 1.88. The van der Waals surface area contributed by atoms with E-state index in [-0.39, 0.29) is 24.0 Å². The molecule has 1 aromatic heterocycles. The standard InChI is InChI=1S/C15H28N6.HI/c1-4-21-9-5-6-13(12-21)10-17-15(16-2)18-11-14-7-8-19-20(14)3;/h7-8,13H,4-6,9-12H2,1-3H3,(H2,16,17,18);1H. The van der Waals surface area contributed by atoms with Gasteiger partial charge in [0.15, 0.2) is 5.96 Å². The third-order valence-corrected chi connectivity index (χ3v) is 4.19. The molecule has 7 heteroatoms. The van der Waals surface area contributed by atoms with E-state index in [0.717, 1.165) is 31.3 Å². The van der Waals surface area contributed by atoms with Gasteiger partial charge in [-0.25, -0.2) is 0 Å². The van der Waals surface area contributed by atoms with Gasteiger partial charge in [0.05, 0.1) is 12.2 Å². The number of piperidine rings is 1. The van der Waals surface area contributed by atoms with Gasteiger partial charge in [0, 0.05) is 33.4 Å². The van der Waals surface area contributed by atoms with Gasteiger partial charge in [-0.15, -0.1) is 24.0 Å². The highest BCUT2D eigenvalue weighted by Gasteiger charge is 2.18. The lowest BCUT2D eigenvalue weighted by atomic mass is 9.98. The second-order valence-corrected chi connectivity index (χ2v) is 5.65. The SMILES string of the molecule is CCN1CCCC(CNC(=NC)NCc2ccnn2C)C1.I. The molecule has 1 aliphatic heterocycles. The van der Waals surface area contributed by atoms with Gasteiger partial charge in [-0.3, -0.25) is 9.67 Å². The zero-order valence-corrected chi connectivity index (χ0v) is 16.2. The van der Waals surface area contributed by atoms with Crippen molar-refractivity contribution in [2.75, 3.05) is 33.2 Å². The minimum absolute atomic E-state index is 0. The Bertz CT molecular complexity index is 459. The summed E-state index contributed by atoms with van der Waals surface area (Å²) in [7, 11) is 3.77. The smallest absolute Gasteiger partial charge is 0.191 e. The molecule has 0 spiro atoms. The first-order valence-corrected chi connectivity index (χ1v) is 7.86. The van der Waals surface area contributed by atoms with Crippen molar-refractivity contribution in [1.29, 1.82) is 0 Å². The van der Waals surface area contributed by atoms with Gasteiger partial charge < -0.3 is 15.5 Å². The predicted molar refractivity (Wildman–Crippen MR) is 102 cm³/mol. The Morgan fingerprint density at radius 3 is 2.91 bits per heavy atom. The summed E-state index contributed by atoms with van der Waals surface area (Å²) in [5.74, 6) is 1.58. The molecule has 1 saturated heterocycles. The molecule has 1 atom stereocenters. The summed E-state index contributed by atoms with van der Waals surface area (Å²) in [6.07, 6.45) is 4.43. The molecule has 2 heterocycles. The van der Waals surface area contributed by atoms with Crippen molar-refractivity contribution in [3.05, 3.63) is 18.0 Å². The maximum Gasteiger partial charge on any atom is 0.191 e. The van der Waals surface area contributed by atoms with Crippen LogP contribution in [0, 0.1) is 5.92 Å². The van der Waals surface area contributed by atoms with E-state index < -0.39 is 0 Å². The van der Waals surface area contributed by atoms with Gasteiger partial charge in [0.25, 0.3) is 0 Å². The number of rotatable bonds is 5. The van der Waals surface area contributed by atoms with Crippen LogP contribution in [0.25, 0.3) is 0 Å². The van der Waals surface area contributed by atoms with E-state index >= 15 is 0 Å². The number of hydrogen-bond acceptors (Lipinski definition) is 3. The maximum absolute atomic E-state index is 4.29. The maximum atomic E-state index is 4.29. The monoisotopic (exact) mass is 420 g/mol. The van der Waals surface area contributed by atoms with E-state index in [1.54, 1.807) is 0 Å². The molecule has 0 bridgehead atoms. The molecule has 1 unspecified atom stereocenters. The molecular formula is C15H29IN6. The van der Waals surface area contributed by atoms with E-state index in [1.807, 2.05) is 31.0 Å². The van der Waals surface area contributed by atoms with E-state index in [2.05, 4.69) is 32.5 Å². The van der Waals surface area contributed by atoms with Crippen LogP contribution in [-0.4, -0.2) is 53.9 Å². The van der Waals surface area contributed by atoms with Crippen LogP contribution in [0.2, 0.25) is 0 Å². The topological polar surface area (TPSA) is 57.5 Å². The van der Waals surface area contributed by atoms with Crippen molar-refractivity contribution in [2.24, 2.45) is 18.0 Å². The van der Waals surface area contributed by atoms with Crippen LogP contribution in [-0.2, 0) is 13.6 Å². The van der Waals surface area contributed by atoms with Crippen LogP contribution in [0.1, 0.15) is 25.5 Å². The molecule has 22 heavy (non-hydrogen) atoms. The van der Waals surface area contributed by atoms with Gasteiger partial charge in [0.2, 0.25) is 0 Å². The second kappa shape index (κ2) is 10.0. The van der Waals surface area contributed by atoms with E-state index in [9.17, 15) is 0 Å². The summed E-state index contributed by atoms with van der Waals surface area (Å²) in [5, 5.41) is 11.0. The highest BCUT2D eigenvalue weighted by molar-refractivity contribution is 14.0. The van der Waals surface area contributed by atoms with Crippen molar-refractivity contribution in [2.45, 2.75) is 26.3 Å². The van der Waals surface area contributed by atoms with Crippen molar-refractivity contribution in [3.63, 3.8) is 0 Å². The predicted octanol–water partition coefficient (Wildman–Crippen LogP) is 1.43. The molecule has 0 amide bonds. The number of aryl methyl sites for hydroxylation is 1. The minimum atomic E-state index is 0. The summed E-state index contributed by atoms with van der Waals surface area (Å²) in [6, 6.07) is 2.01. The summed E-state index contributed by atoms with van der Waals surface area (Å²) >= 11 is 0. The van der Waals surface area contributed by atoms with E-state index in [1.165, 1.54) is 25.9 Å². The van der Waals surface area contributed by atoms with Crippen molar-refractivity contribution >= 4 is 29.9 Å². The Kier molecular flexibility index (Phi) is 8.77. The number of aromatic nitrogens is 2. The Balaban J connectivity index is 0.00000242. The fourth-order valence-electron chi connectivity index (χ4n) is 2.82. The number of guanidine groups is 1. The molecule has 1 aromatic rings. The summed E-state index contributed by atoms with van der Waals surface area (Å²) in [4.78, 5) is 6.82. The average molecular weight is 420 g/mol. The molecule has 0 radical (unpaired) electrons.